The van der Waals surface area contributed by atoms with E-state index in [4.69, 9.17) is 0 Å². The van der Waals surface area contributed by atoms with Crippen LogP contribution in [0.1, 0.15) is 17.3 Å². The van der Waals surface area contributed by atoms with Crippen LogP contribution in [0.3, 0.4) is 0 Å². The smallest absolute Gasteiger partial charge is 0.261 e. The van der Waals surface area contributed by atoms with Crippen molar-refractivity contribution in [2.45, 2.75) is 22.0 Å². The Balaban J connectivity index is 1.46. The quantitative estimate of drug-likeness (QED) is 0.543. The SMILES string of the molecule is CC1Sc2ccc(C(=O)Nc3ccc(S(=O)(=O)Nc4ccncc4)cc3)cc2NC1=O. The van der Waals surface area contributed by atoms with E-state index in [0.717, 1.165) is 4.90 Å². The summed E-state index contributed by atoms with van der Waals surface area (Å²) in [5, 5.41) is 5.34. The number of hydrogen-bond donors (Lipinski definition) is 3. The molecular weight excluding hydrogens is 436 g/mol. The molecule has 8 nitrogen and oxygen atoms in total. The maximum atomic E-state index is 12.6. The molecule has 1 atom stereocenters. The van der Waals surface area contributed by atoms with E-state index in [0.29, 0.717) is 22.6 Å². The average Bonchev–Trinajstić information content (AvgIpc) is 2.75. The minimum Gasteiger partial charge on any atom is -0.324 e. The summed E-state index contributed by atoms with van der Waals surface area (Å²) in [5.41, 5.74) is 1.83. The Labute approximate surface area is 183 Å². The van der Waals surface area contributed by atoms with E-state index >= 15 is 0 Å². The van der Waals surface area contributed by atoms with Crippen molar-refractivity contribution in [3.63, 3.8) is 0 Å². The minimum atomic E-state index is -3.76. The van der Waals surface area contributed by atoms with Crippen molar-refractivity contribution < 1.29 is 18.0 Å². The molecule has 4 rings (SSSR count). The number of carbonyl (C=O) groups excluding carboxylic acids is 2. The number of hydrogen-bond acceptors (Lipinski definition) is 6. The van der Waals surface area contributed by atoms with Crippen LogP contribution in [0.4, 0.5) is 17.1 Å². The summed E-state index contributed by atoms with van der Waals surface area (Å²) >= 11 is 1.44. The first-order valence-electron chi connectivity index (χ1n) is 9.28. The number of nitrogens with zero attached hydrogens (tertiary/aromatic N) is 1. The first kappa shape index (κ1) is 20.9. The first-order chi connectivity index (χ1) is 14.8. The lowest BCUT2D eigenvalue weighted by Gasteiger charge is -2.21. The van der Waals surface area contributed by atoms with Crippen LogP contribution in [0.15, 0.2) is 76.8 Å². The molecule has 2 amide bonds. The average molecular weight is 455 g/mol. The summed E-state index contributed by atoms with van der Waals surface area (Å²) in [7, 11) is -3.76. The molecule has 0 fully saturated rings. The van der Waals surface area contributed by atoms with Gasteiger partial charge in [0.1, 0.15) is 0 Å². The summed E-state index contributed by atoms with van der Waals surface area (Å²) in [5.74, 6) is -0.474. The predicted octanol–water partition coefficient (Wildman–Crippen LogP) is 3.57. The van der Waals surface area contributed by atoms with Gasteiger partial charge in [0.25, 0.3) is 15.9 Å². The van der Waals surface area contributed by atoms with Crippen LogP contribution in [0, 0.1) is 0 Å². The number of nitrogens with one attached hydrogen (secondary N) is 3. The van der Waals surface area contributed by atoms with Crippen LogP contribution in [-0.4, -0.2) is 30.5 Å². The van der Waals surface area contributed by atoms with Crippen molar-refractivity contribution in [3.05, 3.63) is 72.6 Å². The van der Waals surface area contributed by atoms with E-state index in [-0.39, 0.29) is 22.0 Å². The van der Waals surface area contributed by atoms with Crippen molar-refractivity contribution in [3.8, 4) is 0 Å². The van der Waals surface area contributed by atoms with E-state index in [1.165, 1.54) is 48.4 Å². The molecule has 0 radical (unpaired) electrons. The van der Waals surface area contributed by atoms with E-state index in [1.807, 2.05) is 6.92 Å². The highest BCUT2D eigenvalue weighted by Crippen LogP contribution is 2.36. The molecular formula is C21H18N4O4S2. The summed E-state index contributed by atoms with van der Waals surface area (Å²) in [6, 6.07) is 14.0. The molecule has 2 aromatic carbocycles. The maximum absolute atomic E-state index is 12.6. The van der Waals surface area contributed by atoms with Gasteiger partial charge in [-0.05, 0) is 61.5 Å². The van der Waals surface area contributed by atoms with E-state index in [1.54, 1.807) is 30.3 Å². The van der Waals surface area contributed by atoms with Crippen LogP contribution in [-0.2, 0) is 14.8 Å². The summed E-state index contributed by atoms with van der Waals surface area (Å²) in [6.07, 6.45) is 2.98. The fraction of sp³-hybridized carbons (Fsp3) is 0.0952. The number of aromatic nitrogens is 1. The van der Waals surface area contributed by atoms with Gasteiger partial charge >= 0.3 is 0 Å². The van der Waals surface area contributed by atoms with Gasteiger partial charge in [-0.25, -0.2) is 8.42 Å². The molecule has 1 aliphatic heterocycles. The molecule has 3 aromatic rings. The zero-order valence-electron chi connectivity index (χ0n) is 16.3. The van der Waals surface area contributed by atoms with Crippen molar-refractivity contribution in [2.75, 3.05) is 15.4 Å². The second kappa shape index (κ2) is 8.40. The number of fused-ring (bicyclic) bond motifs is 1. The van der Waals surface area contributed by atoms with Gasteiger partial charge in [-0.2, -0.15) is 0 Å². The maximum Gasteiger partial charge on any atom is 0.261 e. The van der Waals surface area contributed by atoms with Crippen molar-refractivity contribution >= 4 is 50.7 Å². The van der Waals surface area contributed by atoms with Gasteiger partial charge in [0, 0.05) is 28.5 Å². The van der Waals surface area contributed by atoms with E-state index < -0.39 is 10.0 Å². The van der Waals surface area contributed by atoms with E-state index in [2.05, 4.69) is 20.3 Å². The molecule has 0 saturated carbocycles. The van der Waals surface area contributed by atoms with Gasteiger partial charge in [-0.3, -0.25) is 19.3 Å². The first-order valence-corrected chi connectivity index (χ1v) is 11.6. The third-order valence-electron chi connectivity index (χ3n) is 4.53. The molecule has 1 aliphatic rings. The third-order valence-corrected chi connectivity index (χ3v) is 7.10. The number of rotatable bonds is 5. The molecule has 1 unspecified atom stereocenters. The molecule has 10 heteroatoms. The number of amides is 2. The van der Waals surface area contributed by atoms with Gasteiger partial charge < -0.3 is 10.6 Å². The molecule has 31 heavy (non-hydrogen) atoms. The second-order valence-electron chi connectivity index (χ2n) is 6.78. The van der Waals surface area contributed by atoms with Crippen molar-refractivity contribution in [1.29, 1.82) is 0 Å². The highest BCUT2D eigenvalue weighted by Gasteiger charge is 2.24. The van der Waals surface area contributed by atoms with E-state index in [9.17, 15) is 18.0 Å². The standard InChI is InChI=1S/C21H18N4O4S2/c1-13-20(26)24-18-12-14(2-7-19(18)30-13)21(27)23-15-3-5-17(6-4-15)31(28,29)25-16-8-10-22-11-9-16/h2-13H,1H3,(H,22,25)(H,23,27)(H,24,26). The van der Waals surface area contributed by atoms with Crippen LogP contribution < -0.4 is 15.4 Å². The Bertz CT molecular complexity index is 1250. The third kappa shape index (κ3) is 4.70. The molecule has 1 aromatic heterocycles. The zero-order valence-corrected chi connectivity index (χ0v) is 18.0. The van der Waals surface area contributed by atoms with Crippen LogP contribution in [0.2, 0.25) is 0 Å². The second-order valence-corrected chi connectivity index (χ2v) is 9.85. The lowest BCUT2D eigenvalue weighted by Crippen LogP contribution is -2.26. The monoisotopic (exact) mass is 454 g/mol. The zero-order chi connectivity index (χ0) is 22.0. The normalized spacial score (nSPS) is 15.5. The van der Waals surface area contributed by atoms with Crippen LogP contribution in [0.5, 0.6) is 0 Å². The molecule has 0 bridgehead atoms. The minimum absolute atomic E-state index is 0.0601. The lowest BCUT2D eigenvalue weighted by atomic mass is 10.1. The Morgan fingerprint density at radius 3 is 2.45 bits per heavy atom. The summed E-state index contributed by atoms with van der Waals surface area (Å²) in [6.45, 7) is 1.82. The van der Waals surface area contributed by atoms with Gasteiger partial charge in [0.15, 0.2) is 0 Å². The summed E-state index contributed by atoms with van der Waals surface area (Å²) < 4.78 is 27.4. The number of thioether (sulfide) groups is 1. The van der Waals surface area contributed by atoms with Crippen molar-refractivity contribution in [1.82, 2.24) is 4.98 Å². The summed E-state index contributed by atoms with van der Waals surface area (Å²) in [4.78, 5) is 29.3. The van der Waals surface area contributed by atoms with Gasteiger partial charge in [0.2, 0.25) is 5.91 Å². The van der Waals surface area contributed by atoms with Crippen LogP contribution in [0.25, 0.3) is 0 Å². The molecule has 0 saturated heterocycles. The highest BCUT2D eigenvalue weighted by atomic mass is 32.2. The Hall–Kier alpha value is -3.37. The molecule has 0 spiro atoms. The van der Waals surface area contributed by atoms with Gasteiger partial charge in [-0.15, -0.1) is 11.8 Å². The largest absolute Gasteiger partial charge is 0.324 e. The highest BCUT2D eigenvalue weighted by molar-refractivity contribution is 8.01. The fourth-order valence-electron chi connectivity index (χ4n) is 2.90. The number of carbonyl (C=O) groups is 2. The van der Waals surface area contributed by atoms with Gasteiger partial charge in [-0.1, -0.05) is 0 Å². The topological polar surface area (TPSA) is 117 Å². The number of sulfonamides is 1. The fourth-order valence-corrected chi connectivity index (χ4v) is 4.89. The van der Waals surface area contributed by atoms with Gasteiger partial charge in [0.05, 0.1) is 21.5 Å². The molecule has 158 valence electrons. The molecule has 3 N–H and O–H groups in total. The number of benzene rings is 2. The Morgan fingerprint density at radius 2 is 1.74 bits per heavy atom. The van der Waals surface area contributed by atoms with Crippen LogP contribution >= 0.6 is 11.8 Å². The van der Waals surface area contributed by atoms with Crippen molar-refractivity contribution in [2.24, 2.45) is 0 Å². The lowest BCUT2D eigenvalue weighted by molar-refractivity contribution is -0.115. The molecule has 0 aliphatic carbocycles. The number of pyridine rings is 1. The Kier molecular flexibility index (Phi) is 5.66. The predicted molar refractivity (Wildman–Crippen MR) is 120 cm³/mol. The Morgan fingerprint density at radius 1 is 1.03 bits per heavy atom. The molecule has 2 heterocycles. The number of anilines is 3.